The quantitative estimate of drug-likeness (QED) is 0.688. The second-order valence-corrected chi connectivity index (χ2v) is 8.50. The SMILES string of the molecule is N#CC1(NC(=O)[C@@H]([NH-])CS(=O)(=O)Cc2ccccc2OC(F)F)CCOCC1. The topological polar surface area (TPSA) is 129 Å². The first-order valence-electron chi connectivity index (χ1n) is 8.42. The lowest BCUT2D eigenvalue weighted by atomic mass is 9.91. The van der Waals surface area contributed by atoms with Crippen molar-refractivity contribution in [2.45, 2.75) is 36.8 Å². The number of benzene rings is 1. The summed E-state index contributed by atoms with van der Waals surface area (Å²) in [5.41, 5.74) is 6.69. The van der Waals surface area contributed by atoms with Crippen LogP contribution < -0.4 is 10.1 Å². The number of sulfone groups is 1. The van der Waals surface area contributed by atoms with Gasteiger partial charge in [-0.2, -0.15) is 14.0 Å². The predicted octanol–water partition coefficient (Wildman–Crippen LogP) is 1.81. The number of hydrogen-bond donors (Lipinski definition) is 1. The van der Waals surface area contributed by atoms with E-state index in [1.165, 1.54) is 24.3 Å². The summed E-state index contributed by atoms with van der Waals surface area (Å²) in [7, 11) is -3.99. The lowest BCUT2D eigenvalue weighted by Gasteiger charge is -2.33. The van der Waals surface area contributed by atoms with Crippen molar-refractivity contribution >= 4 is 15.7 Å². The summed E-state index contributed by atoms with van der Waals surface area (Å²) in [6.45, 7) is -2.56. The lowest BCUT2D eigenvalue weighted by molar-refractivity contribution is -0.123. The van der Waals surface area contributed by atoms with E-state index in [2.05, 4.69) is 10.1 Å². The van der Waals surface area contributed by atoms with Gasteiger partial charge in [0.15, 0.2) is 9.84 Å². The van der Waals surface area contributed by atoms with Gasteiger partial charge in [0.2, 0.25) is 5.91 Å². The molecule has 8 nitrogen and oxygen atoms in total. The largest absolute Gasteiger partial charge is 0.666 e. The Morgan fingerprint density at radius 3 is 2.61 bits per heavy atom. The molecule has 0 radical (unpaired) electrons. The Kier molecular flexibility index (Phi) is 7.29. The van der Waals surface area contributed by atoms with Crippen molar-refractivity contribution in [1.82, 2.24) is 5.32 Å². The van der Waals surface area contributed by atoms with Crippen LogP contribution in [0, 0.1) is 11.3 Å². The third-order valence-electron chi connectivity index (χ3n) is 4.22. The number of nitriles is 1. The van der Waals surface area contributed by atoms with E-state index in [1.54, 1.807) is 0 Å². The molecule has 0 aromatic heterocycles. The van der Waals surface area contributed by atoms with Crippen molar-refractivity contribution < 1.29 is 31.5 Å². The molecule has 1 amide bonds. The van der Waals surface area contributed by atoms with Gasteiger partial charge in [0.05, 0.1) is 11.8 Å². The maximum Gasteiger partial charge on any atom is 0.387 e. The zero-order chi connectivity index (χ0) is 20.8. The standard InChI is InChI=1S/C17H20F2N3O5S/c18-16(19)27-14-4-2-1-3-12(14)9-28(24,25)10-13(21)15(23)22-17(11-20)5-7-26-8-6-17/h1-4,13,16,21H,5-10H2,(H,22,23)/q-1/t13-/m0/s1. The third kappa shape index (κ3) is 6.12. The molecule has 1 heterocycles. The Hall–Kier alpha value is -2.29. The minimum atomic E-state index is -3.99. The first-order chi connectivity index (χ1) is 13.2. The van der Waals surface area contributed by atoms with Crippen molar-refractivity contribution in [3.8, 4) is 11.8 Å². The second-order valence-electron chi connectivity index (χ2n) is 6.39. The van der Waals surface area contributed by atoms with Crippen LogP contribution in [-0.2, 0) is 25.1 Å². The van der Waals surface area contributed by atoms with E-state index in [-0.39, 0.29) is 37.4 Å². The number of halogens is 2. The number of alkyl halides is 2. The van der Waals surface area contributed by atoms with E-state index in [4.69, 9.17) is 10.5 Å². The van der Waals surface area contributed by atoms with E-state index in [0.29, 0.717) is 0 Å². The fraction of sp³-hybridized carbons (Fsp3) is 0.529. The number of para-hydroxylation sites is 1. The summed E-state index contributed by atoms with van der Waals surface area (Å²) >= 11 is 0. The van der Waals surface area contributed by atoms with Gasteiger partial charge in [0.1, 0.15) is 11.3 Å². The number of carbonyl (C=O) groups excluding carboxylic acids is 1. The van der Waals surface area contributed by atoms with Gasteiger partial charge in [0, 0.05) is 37.4 Å². The van der Waals surface area contributed by atoms with Crippen LogP contribution in [0.5, 0.6) is 5.75 Å². The van der Waals surface area contributed by atoms with E-state index in [0.717, 1.165) is 0 Å². The molecular weight excluding hydrogens is 396 g/mol. The molecule has 0 bridgehead atoms. The van der Waals surface area contributed by atoms with Crippen LogP contribution in [0.2, 0.25) is 0 Å². The van der Waals surface area contributed by atoms with Crippen LogP contribution in [0.3, 0.4) is 0 Å². The monoisotopic (exact) mass is 416 g/mol. The molecular formula is C17H20F2N3O5S-. The molecule has 0 spiro atoms. The van der Waals surface area contributed by atoms with Crippen molar-refractivity contribution in [2.75, 3.05) is 19.0 Å². The molecule has 2 N–H and O–H groups in total. The normalized spacial score (nSPS) is 17.5. The number of carbonyl (C=O) groups is 1. The minimum Gasteiger partial charge on any atom is -0.666 e. The summed E-state index contributed by atoms with van der Waals surface area (Å²) in [5.74, 6) is -2.64. The average Bonchev–Trinajstić information content (AvgIpc) is 2.63. The van der Waals surface area contributed by atoms with Crippen molar-refractivity contribution in [3.63, 3.8) is 0 Å². The molecule has 154 valence electrons. The Balaban J connectivity index is 2.03. The van der Waals surface area contributed by atoms with Gasteiger partial charge in [-0.05, 0) is 12.1 Å². The van der Waals surface area contributed by atoms with Crippen LogP contribution >= 0.6 is 0 Å². The van der Waals surface area contributed by atoms with Crippen LogP contribution in [0.1, 0.15) is 18.4 Å². The van der Waals surface area contributed by atoms with Gasteiger partial charge in [-0.3, -0.25) is 4.79 Å². The molecule has 1 fully saturated rings. The number of nitrogens with zero attached hydrogens (tertiary/aromatic N) is 1. The Labute approximate surface area is 161 Å². The van der Waals surface area contributed by atoms with E-state index in [9.17, 15) is 27.3 Å². The number of amides is 1. The molecule has 0 unspecified atom stereocenters. The van der Waals surface area contributed by atoms with Crippen LogP contribution in [0.25, 0.3) is 5.73 Å². The second kappa shape index (κ2) is 9.27. The zero-order valence-corrected chi connectivity index (χ0v) is 15.7. The lowest BCUT2D eigenvalue weighted by Crippen LogP contribution is -2.54. The molecule has 0 saturated carbocycles. The van der Waals surface area contributed by atoms with E-state index >= 15 is 0 Å². The highest BCUT2D eigenvalue weighted by atomic mass is 32.2. The molecule has 28 heavy (non-hydrogen) atoms. The summed E-state index contributed by atoms with van der Waals surface area (Å²) in [6.07, 6.45) is 0.486. The number of hydrogen-bond acceptors (Lipinski definition) is 6. The van der Waals surface area contributed by atoms with Gasteiger partial charge in [-0.25, -0.2) is 8.42 Å². The van der Waals surface area contributed by atoms with Gasteiger partial charge in [0.25, 0.3) is 0 Å². The Bertz CT molecular complexity index is 835. The highest BCUT2D eigenvalue weighted by molar-refractivity contribution is 7.90. The first-order valence-corrected chi connectivity index (χ1v) is 10.2. The van der Waals surface area contributed by atoms with Crippen molar-refractivity contribution in [2.24, 2.45) is 0 Å². The summed E-state index contributed by atoms with van der Waals surface area (Å²) in [6, 6.07) is 5.75. The maximum absolute atomic E-state index is 12.5. The Morgan fingerprint density at radius 1 is 1.36 bits per heavy atom. The fourth-order valence-electron chi connectivity index (χ4n) is 2.77. The average molecular weight is 416 g/mol. The molecule has 1 aliphatic rings. The molecule has 1 aliphatic heterocycles. The maximum atomic E-state index is 12.5. The molecule has 1 aromatic carbocycles. The van der Waals surface area contributed by atoms with Gasteiger partial charge in [-0.1, -0.05) is 18.2 Å². The van der Waals surface area contributed by atoms with Crippen LogP contribution in [-0.4, -0.2) is 51.5 Å². The number of ether oxygens (including phenoxy) is 2. The van der Waals surface area contributed by atoms with E-state index in [1.807, 2.05) is 6.07 Å². The predicted molar refractivity (Wildman–Crippen MR) is 95.2 cm³/mol. The van der Waals surface area contributed by atoms with Crippen molar-refractivity contribution in [3.05, 3.63) is 35.6 Å². The molecule has 1 aromatic rings. The molecule has 2 rings (SSSR count). The van der Waals surface area contributed by atoms with Gasteiger partial charge in [-0.15, -0.1) is 0 Å². The van der Waals surface area contributed by atoms with Crippen LogP contribution in [0.15, 0.2) is 24.3 Å². The highest BCUT2D eigenvalue weighted by Crippen LogP contribution is 2.24. The first kappa shape index (κ1) is 22.0. The molecule has 11 heteroatoms. The van der Waals surface area contributed by atoms with Gasteiger partial charge < -0.3 is 20.5 Å². The third-order valence-corrected chi connectivity index (χ3v) is 5.82. The Morgan fingerprint density at radius 2 is 2.00 bits per heavy atom. The van der Waals surface area contributed by atoms with E-state index < -0.39 is 45.4 Å². The molecule has 1 atom stereocenters. The highest BCUT2D eigenvalue weighted by Gasteiger charge is 2.35. The van der Waals surface area contributed by atoms with Crippen molar-refractivity contribution in [1.29, 1.82) is 5.26 Å². The number of rotatable bonds is 8. The summed E-state index contributed by atoms with van der Waals surface area (Å²) in [4.78, 5) is 12.2. The molecule has 0 aliphatic carbocycles. The van der Waals surface area contributed by atoms with Gasteiger partial charge >= 0.3 is 6.61 Å². The minimum absolute atomic E-state index is 0.00772. The summed E-state index contributed by atoms with van der Waals surface area (Å²) in [5, 5.41) is 11.8. The smallest absolute Gasteiger partial charge is 0.387 e. The number of nitrogens with one attached hydrogen (secondary N) is 2. The zero-order valence-electron chi connectivity index (χ0n) is 14.9. The van der Waals surface area contributed by atoms with Crippen LogP contribution in [0.4, 0.5) is 8.78 Å². The summed E-state index contributed by atoms with van der Waals surface area (Å²) < 4.78 is 59.1. The fourth-order valence-corrected chi connectivity index (χ4v) is 4.26. The molecule has 1 saturated heterocycles.